The fourth-order valence-corrected chi connectivity index (χ4v) is 11.9. The number of carboxylic acids is 2. The van der Waals surface area contributed by atoms with Crippen molar-refractivity contribution in [1.29, 1.82) is 0 Å². The molecule has 0 radical (unpaired) electrons. The summed E-state index contributed by atoms with van der Waals surface area (Å²) in [6.45, 7) is 9.79. The summed E-state index contributed by atoms with van der Waals surface area (Å²) in [7, 11) is 0. The Morgan fingerprint density at radius 2 is 0.982 bits per heavy atom. The van der Waals surface area contributed by atoms with Crippen LogP contribution in [0.2, 0.25) is 0 Å². The minimum Gasteiger partial charge on any atom is -0.481 e. The summed E-state index contributed by atoms with van der Waals surface area (Å²) in [4.78, 5) is 42.6. The molecule has 0 heterocycles. The van der Waals surface area contributed by atoms with Gasteiger partial charge in [-0.2, -0.15) is 5.48 Å². The molecule has 1 amide bonds. The number of hydrogen-bond acceptors (Lipinski definition) is 7. The highest BCUT2D eigenvalue weighted by molar-refractivity contribution is 5.85. The summed E-state index contributed by atoms with van der Waals surface area (Å²) < 4.78 is 13.4. The third-order valence-corrected chi connectivity index (χ3v) is 15.8. The van der Waals surface area contributed by atoms with Crippen LogP contribution < -0.4 is 10.8 Å². The SMILES string of the molecule is CC1CCC(CONC2CCC(OC3CCC(C(C)(C)C4CCC(OC5CCC(NC(=O)C6CCC(C)CC6C(=O)O)CC5)CC4)CC3)CC2)C(C(=O)O)C1. The molecule has 6 fully saturated rings. The lowest BCUT2D eigenvalue weighted by molar-refractivity contribution is -0.150. The number of nitrogens with one attached hydrogen (secondary N) is 2. The second kappa shape index (κ2) is 19.8. The van der Waals surface area contributed by atoms with Crippen molar-refractivity contribution in [1.82, 2.24) is 10.8 Å². The van der Waals surface area contributed by atoms with Crippen molar-refractivity contribution in [2.75, 3.05) is 6.61 Å². The van der Waals surface area contributed by atoms with Crippen molar-refractivity contribution in [2.45, 2.75) is 205 Å². The van der Waals surface area contributed by atoms with Gasteiger partial charge < -0.3 is 29.8 Å². The van der Waals surface area contributed by atoms with Crippen molar-refractivity contribution in [3.05, 3.63) is 0 Å². The molecule has 10 nitrogen and oxygen atoms in total. The first-order chi connectivity index (χ1) is 26.3. The molecule has 0 aliphatic heterocycles. The van der Waals surface area contributed by atoms with Crippen LogP contribution in [0.4, 0.5) is 0 Å². The minimum atomic E-state index is -0.828. The molecule has 6 saturated carbocycles. The highest BCUT2D eigenvalue weighted by Gasteiger charge is 2.43. The fourth-order valence-electron chi connectivity index (χ4n) is 11.9. The lowest BCUT2D eigenvalue weighted by Gasteiger charge is -2.47. The molecular weight excluding hydrogens is 697 g/mol. The predicted octanol–water partition coefficient (Wildman–Crippen LogP) is 8.70. The Morgan fingerprint density at radius 1 is 0.545 bits per heavy atom. The summed E-state index contributed by atoms with van der Waals surface area (Å²) >= 11 is 0. The molecule has 6 unspecified atom stereocenters. The van der Waals surface area contributed by atoms with Gasteiger partial charge >= 0.3 is 11.9 Å². The average Bonchev–Trinajstić information content (AvgIpc) is 3.17. The normalized spacial score (nSPS) is 40.6. The van der Waals surface area contributed by atoms with Crippen LogP contribution >= 0.6 is 0 Å². The van der Waals surface area contributed by atoms with Gasteiger partial charge in [0.25, 0.3) is 0 Å². The molecule has 0 spiro atoms. The zero-order chi connectivity index (χ0) is 39.1. The maximum atomic E-state index is 13.1. The van der Waals surface area contributed by atoms with E-state index in [4.69, 9.17) is 14.3 Å². The van der Waals surface area contributed by atoms with Crippen molar-refractivity contribution < 1.29 is 38.9 Å². The molecule has 0 aromatic carbocycles. The molecule has 10 heteroatoms. The number of hydroxylamine groups is 1. The van der Waals surface area contributed by atoms with Crippen LogP contribution in [0.3, 0.4) is 0 Å². The average molecular weight is 773 g/mol. The van der Waals surface area contributed by atoms with E-state index >= 15 is 0 Å². The smallest absolute Gasteiger partial charge is 0.307 e. The molecule has 0 aromatic rings. The Hall–Kier alpha value is -1.75. The van der Waals surface area contributed by atoms with E-state index in [-0.39, 0.29) is 29.9 Å². The summed E-state index contributed by atoms with van der Waals surface area (Å²) in [6.07, 6.45) is 23.9. The molecule has 0 saturated heterocycles. The van der Waals surface area contributed by atoms with Crippen LogP contribution in [0.5, 0.6) is 0 Å². The topological polar surface area (TPSA) is 143 Å². The second-order valence-corrected chi connectivity index (χ2v) is 20.0. The molecular formula is C45H76N2O8. The Kier molecular flexibility index (Phi) is 15.4. The first-order valence-electron chi connectivity index (χ1n) is 22.8. The van der Waals surface area contributed by atoms with Gasteiger partial charge in [0.05, 0.1) is 48.8 Å². The number of carbonyl (C=O) groups is 3. The van der Waals surface area contributed by atoms with Crippen LogP contribution in [0, 0.1) is 52.8 Å². The molecule has 0 aromatic heterocycles. The Morgan fingerprint density at radius 3 is 1.47 bits per heavy atom. The van der Waals surface area contributed by atoms with Gasteiger partial charge in [0.1, 0.15) is 0 Å². The maximum Gasteiger partial charge on any atom is 0.307 e. The van der Waals surface area contributed by atoms with E-state index in [0.29, 0.717) is 61.1 Å². The third-order valence-electron chi connectivity index (χ3n) is 15.8. The number of ether oxygens (including phenoxy) is 2. The minimum absolute atomic E-state index is 0.0523. The van der Waals surface area contributed by atoms with E-state index in [1.807, 2.05) is 0 Å². The van der Waals surface area contributed by atoms with E-state index in [9.17, 15) is 24.6 Å². The van der Waals surface area contributed by atoms with Crippen molar-refractivity contribution in [2.24, 2.45) is 52.8 Å². The molecule has 314 valence electrons. The monoisotopic (exact) mass is 773 g/mol. The first kappa shape index (κ1) is 42.8. The highest BCUT2D eigenvalue weighted by atomic mass is 16.6. The highest BCUT2D eigenvalue weighted by Crippen LogP contribution is 2.49. The number of amides is 1. The Balaban J connectivity index is 0.825. The summed E-state index contributed by atoms with van der Waals surface area (Å²) in [5, 5.41) is 22.6. The summed E-state index contributed by atoms with van der Waals surface area (Å²) in [6, 6.07) is 0.456. The van der Waals surface area contributed by atoms with Crippen LogP contribution in [0.15, 0.2) is 0 Å². The van der Waals surface area contributed by atoms with Gasteiger partial charge in [0, 0.05) is 12.1 Å². The number of hydrogen-bond donors (Lipinski definition) is 4. The van der Waals surface area contributed by atoms with Gasteiger partial charge in [-0.05, 0) is 170 Å². The van der Waals surface area contributed by atoms with Gasteiger partial charge in [-0.15, -0.1) is 0 Å². The number of carboxylic acid groups (broad SMARTS) is 2. The molecule has 6 aliphatic rings. The van der Waals surface area contributed by atoms with Gasteiger partial charge in [0.15, 0.2) is 0 Å². The van der Waals surface area contributed by atoms with E-state index in [1.165, 1.54) is 38.5 Å². The van der Waals surface area contributed by atoms with E-state index < -0.39 is 23.8 Å². The Bertz CT molecular complexity index is 1230. The fraction of sp³-hybridized carbons (Fsp3) is 0.933. The van der Waals surface area contributed by atoms with E-state index in [2.05, 4.69) is 38.5 Å². The van der Waals surface area contributed by atoms with Crippen molar-refractivity contribution in [3.8, 4) is 0 Å². The van der Waals surface area contributed by atoms with Gasteiger partial charge in [-0.25, -0.2) is 0 Å². The molecule has 6 aliphatic carbocycles. The number of rotatable bonds is 14. The summed E-state index contributed by atoms with van der Waals surface area (Å²) in [5.41, 5.74) is 3.60. The molecule has 0 bridgehead atoms. The van der Waals surface area contributed by atoms with Gasteiger partial charge in [-0.1, -0.05) is 34.1 Å². The molecule has 6 atom stereocenters. The lowest BCUT2D eigenvalue weighted by atomic mass is 9.60. The zero-order valence-corrected chi connectivity index (χ0v) is 34.7. The van der Waals surface area contributed by atoms with Gasteiger partial charge in [0.2, 0.25) is 5.91 Å². The summed E-state index contributed by atoms with van der Waals surface area (Å²) in [5.74, 6) is -0.365. The van der Waals surface area contributed by atoms with Crippen LogP contribution in [0.25, 0.3) is 0 Å². The Labute approximate surface area is 331 Å². The van der Waals surface area contributed by atoms with Crippen molar-refractivity contribution >= 4 is 17.8 Å². The predicted molar refractivity (Wildman–Crippen MR) is 212 cm³/mol. The van der Waals surface area contributed by atoms with Crippen LogP contribution in [-0.4, -0.2) is 71.2 Å². The van der Waals surface area contributed by atoms with E-state index in [1.54, 1.807) is 0 Å². The lowest BCUT2D eigenvalue weighted by Crippen LogP contribution is -2.46. The first-order valence-corrected chi connectivity index (χ1v) is 22.8. The number of aliphatic carboxylic acids is 2. The van der Waals surface area contributed by atoms with E-state index in [0.717, 1.165) is 102 Å². The quantitative estimate of drug-likeness (QED) is 0.128. The zero-order valence-electron chi connectivity index (χ0n) is 34.7. The third kappa shape index (κ3) is 11.7. The second-order valence-electron chi connectivity index (χ2n) is 20.0. The van der Waals surface area contributed by atoms with Crippen LogP contribution in [0.1, 0.15) is 169 Å². The van der Waals surface area contributed by atoms with Gasteiger partial charge in [-0.3, -0.25) is 14.4 Å². The standard InChI is InChI=1S/C45H76N2O8/c1-28-5-7-30(40(25-28)43(49)50)27-53-47-34-14-22-38(23-15-34)55-36-18-10-32(11-19-36)45(3,4)31-8-16-35(17-9-31)54-37-20-12-33(13-21-37)46-42(48)39-24-6-29(2)26-41(39)44(51)52/h28-41,47H,5-27H2,1-4H3,(H,46,48)(H,49,50)(H,51,52). The molecule has 6 rings (SSSR count). The number of carbonyl (C=O) groups excluding carboxylic acids is 1. The molecule has 55 heavy (non-hydrogen) atoms. The molecule has 4 N–H and O–H groups in total. The van der Waals surface area contributed by atoms with Crippen molar-refractivity contribution in [3.63, 3.8) is 0 Å². The van der Waals surface area contributed by atoms with Crippen LogP contribution in [-0.2, 0) is 28.7 Å². The largest absolute Gasteiger partial charge is 0.481 e. The maximum absolute atomic E-state index is 13.1.